The van der Waals surface area contributed by atoms with Gasteiger partial charge in [0.1, 0.15) is 0 Å². The van der Waals surface area contributed by atoms with Crippen LogP contribution in [0, 0.1) is 0 Å². The van der Waals surface area contributed by atoms with Crippen LogP contribution < -0.4 is 10.6 Å². The first-order valence-corrected chi connectivity index (χ1v) is 7.29. The number of hydrogen-bond acceptors (Lipinski definition) is 4. The summed E-state index contributed by atoms with van der Waals surface area (Å²) in [5, 5.41) is 8.35. The molecule has 18 heavy (non-hydrogen) atoms. The average Bonchev–Trinajstić information content (AvgIpc) is 2.98. The maximum absolute atomic E-state index is 11.9. The molecule has 0 aromatic carbocycles. The van der Waals surface area contributed by atoms with Crippen molar-refractivity contribution in [3.63, 3.8) is 0 Å². The summed E-state index contributed by atoms with van der Waals surface area (Å²) in [6.45, 7) is 4.52. The van der Waals surface area contributed by atoms with Crippen molar-refractivity contribution in [3.05, 3.63) is 22.4 Å². The predicted molar refractivity (Wildman–Crippen MR) is 74.8 cm³/mol. The van der Waals surface area contributed by atoms with Crippen LogP contribution in [0.4, 0.5) is 0 Å². The van der Waals surface area contributed by atoms with Crippen LogP contribution >= 0.6 is 11.3 Å². The highest BCUT2D eigenvalue weighted by molar-refractivity contribution is 7.10. The third-order valence-corrected chi connectivity index (χ3v) is 4.45. The fourth-order valence-corrected chi connectivity index (χ4v) is 3.05. The SMILES string of the molecule is CNC1CCN(CC(=O)NC(C)c2cccs2)C1. The predicted octanol–water partition coefficient (Wildman–Crippen LogP) is 1.22. The number of likely N-dealkylation sites (tertiary alicyclic amines) is 1. The molecule has 100 valence electrons. The van der Waals surface area contributed by atoms with Crippen LogP contribution in [-0.2, 0) is 4.79 Å². The molecule has 2 rings (SSSR count). The Kier molecular flexibility index (Phi) is 4.74. The van der Waals surface area contributed by atoms with E-state index in [-0.39, 0.29) is 11.9 Å². The van der Waals surface area contributed by atoms with Gasteiger partial charge < -0.3 is 10.6 Å². The van der Waals surface area contributed by atoms with E-state index in [0.29, 0.717) is 12.6 Å². The van der Waals surface area contributed by atoms with Gasteiger partial charge >= 0.3 is 0 Å². The highest BCUT2D eigenvalue weighted by Crippen LogP contribution is 2.18. The van der Waals surface area contributed by atoms with Gasteiger partial charge in [-0.15, -0.1) is 11.3 Å². The molecule has 4 nitrogen and oxygen atoms in total. The smallest absolute Gasteiger partial charge is 0.234 e. The van der Waals surface area contributed by atoms with E-state index in [4.69, 9.17) is 0 Å². The van der Waals surface area contributed by atoms with Crippen LogP contribution in [0.1, 0.15) is 24.3 Å². The number of thiophene rings is 1. The highest BCUT2D eigenvalue weighted by atomic mass is 32.1. The molecule has 0 bridgehead atoms. The molecule has 1 aromatic heterocycles. The van der Waals surface area contributed by atoms with Gasteiger partial charge in [-0.1, -0.05) is 6.07 Å². The van der Waals surface area contributed by atoms with Gasteiger partial charge in [-0.05, 0) is 31.8 Å². The van der Waals surface area contributed by atoms with Crippen LogP contribution in [0.15, 0.2) is 17.5 Å². The molecule has 1 amide bonds. The Balaban J connectivity index is 1.75. The van der Waals surface area contributed by atoms with Gasteiger partial charge in [0.05, 0.1) is 12.6 Å². The molecule has 5 heteroatoms. The number of nitrogens with one attached hydrogen (secondary N) is 2. The highest BCUT2D eigenvalue weighted by Gasteiger charge is 2.23. The van der Waals surface area contributed by atoms with E-state index in [1.54, 1.807) is 11.3 Å². The molecular formula is C13H21N3OS. The Hall–Kier alpha value is -0.910. The Morgan fingerprint density at radius 2 is 2.50 bits per heavy atom. The third kappa shape index (κ3) is 3.54. The second-order valence-corrected chi connectivity index (χ2v) is 5.79. The number of carbonyl (C=O) groups is 1. The van der Waals surface area contributed by atoms with Crippen molar-refractivity contribution in [2.75, 3.05) is 26.7 Å². The molecule has 2 heterocycles. The van der Waals surface area contributed by atoms with Gasteiger partial charge in [0.25, 0.3) is 0 Å². The fourth-order valence-electron chi connectivity index (χ4n) is 2.31. The number of amides is 1. The standard InChI is InChI=1S/C13H21N3OS/c1-10(12-4-3-7-18-12)15-13(17)9-16-6-5-11(8-16)14-2/h3-4,7,10-11,14H,5-6,8-9H2,1-2H3,(H,15,17). The van der Waals surface area contributed by atoms with Crippen LogP contribution in [-0.4, -0.2) is 43.5 Å². The van der Waals surface area contributed by atoms with E-state index in [2.05, 4.69) is 21.6 Å². The largest absolute Gasteiger partial charge is 0.348 e. The number of hydrogen-bond donors (Lipinski definition) is 2. The van der Waals surface area contributed by atoms with Gasteiger partial charge in [0.2, 0.25) is 5.91 Å². The molecule has 0 radical (unpaired) electrons. The number of likely N-dealkylation sites (N-methyl/N-ethyl adjacent to an activating group) is 1. The van der Waals surface area contributed by atoms with E-state index in [1.807, 2.05) is 25.4 Å². The van der Waals surface area contributed by atoms with Crippen molar-refractivity contribution in [2.45, 2.75) is 25.4 Å². The molecule has 0 spiro atoms. The summed E-state index contributed by atoms with van der Waals surface area (Å²) in [4.78, 5) is 15.3. The van der Waals surface area contributed by atoms with Gasteiger partial charge in [-0.25, -0.2) is 0 Å². The Morgan fingerprint density at radius 1 is 1.67 bits per heavy atom. The topological polar surface area (TPSA) is 44.4 Å². The lowest BCUT2D eigenvalue weighted by Crippen LogP contribution is -2.38. The second kappa shape index (κ2) is 6.31. The summed E-state index contributed by atoms with van der Waals surface area (Å²) in [5.41, 5.74) is 0. The van der Waals surface area contributed by atoms with Crippen molar-refractivity contribution in [1.29, 1.82) is 0 Å². The molecule has 2 N–H and O–H groups in total. The lowest BCUT2D eigenvalue weighted by molar-refractivity contribution is -0.122. The number of carbonyl (C=O) groups excluding carboxylic acids is 1. The quantitative estimate of drug-likeness (QED) is 0.843. The Labute approximate surface area is 112 Å². The summed E-state index contributed by atoms with van der Waals surface area (Å²) < 4.78 is 0. The van der Waals surface area contributed by atoms with E-state index >= 15 is 0 Å². The summed E-state index contributed by atoms with van der Waals surface area (Å²) in [6, 6.07) is 4.72. The van der Waals surface area contributed by atoms with E-state index in [1.165, 1.54) is 4.88 Å². The zero-order valence-electron chi connectivity index (χ0n) is 11.0. The van der Waals surface area contributed by atoms with Gasteiger partial charge in [-0.3, -0.25) is 9.69 Å². The lowest BCUT2D eigenvalue weighted by Gasteiger charge is -2.18. The molecule has 0 saturated carbocycles. The molecular weight excluding hydrogens is 246 g/mol. The molecule has 2 atom stereocenters. The number of rotatable bonds is 5. The van der Waals surface area contributed by atoms with Crippen LogP contribution in [0.2, 0.25) is 0 Å². The first-order chi connectivity index (χ1) is 8.69. The maximum atomic E-state index is 11.9. The number of nitrogens with zero attached hydrogens (tertiary/aromatic N) is 1. The van der Waals surface area contributed by atoms with Crippen molar-refractivity contribution in [2.24, 2.45) is 0 Å². The summed E-state index contributed by atoms with van der Waals surface area (Å²) >= 11 is 1.68. The zero-order chi connectivity index (χ0) is 13.0. The van der Waals surface area contributed by atoms with Crippen molar-refractivity contribution < 1.29 is 4.79 Å². The maximum Gasteiger partial charge on any atom is 0.234 e. The first-order valence-electron chi connectivity index (χ1n) is 6.41. The lowest BCUT2D eigenvalue weighted by atomic mass is 10.2. The van der Waals surface area contributed by atoms with Gasteiger partial charge in [0.15, 0.2) is 0 Å². The van der Waals surface area contributed by atoms with E-state index in [9.17, 15) is 4.79 Å². The third-order valence-electron chi connectivity index (χ3n) is 3.40. The normalized spacial score (nSPS) is 22.0. The minimum atomic E-state index is 0.111. The molecule has 0 aliphatic carbocycles. The summed E-state index contributed by atoms with van der Waals surface area (Å²) in [5.74, 6) is 0.118. The van der Waals surface area contributed by atoms with Gasteiger partial charge in [-0.2, -0.15) is 0 Å². The molecule has 1 fully saturated rings. The molecule has 2 unspecified atom stereocenters. The average molecular weight is 267 g/mol. The first kappa shape index (κ1) is 13.5. The van der Waals surface area contributed by atoms with Crippen LogP contribution in [0.5, 0.6) is 0 Å². The second-order valence-electron chi connectivity index (χ2n) is 4.81. The molecule has 1 aliphatic rings. The summed E-state index contributed by atoms with van der Waals surface area (Å²) in [6.07, 6.45) is 1.13. The molecule has 1 saturated heterocycles. The summed E-state index contributed by atoms with van der Waals surface area (Å²) in [7, 11) is 1.98. The van der Waals surface area contributed by atoms with Gasteiger partial charge in [0, 0.05) is 24.0 Å². The zero-order valence-corrected chi connectivity index (χ0v) is 11.8. The molecule has 1 aliphatic heterocycles. The van der Waals surface area contributed by atoms with Crippen molar-refractivity contribution in [3.8, 4) is 0 Å². The van der Waals surface area contributed by atoms with E-state index < -0.39 is 0 Å². The minimum absolute atomic E-state index is 0.111. The van der Waals surface area contributed by atoms with Crippen molar-refractivity contribution >= 4 is 17.2 Å². The van der Waals surface area contributed by atoms with E-state index in [0.717, 1.165) is 19.5 Å². The minimum Gasteiger partial charge on any atom is -0.348 e. The van der Waals surface area contributed by atoms with Crippen molar-refractivity contribution in [1.82, 2.24) is 15.5 Å². The Bertz CT molecular complexity index is 380. The monoisotopic (exact) mass is 267 g/mol. The Morgan fingerprint density at radius 3 is 3.11 bits per heavy atom. The molecule has 1 aromatic rings. The van der Waals surface area contributed by atoms with Crippen LogP contribution in [0.3, 0.4) is 0 Å². The van der Waals surface area contributed by atoms with Crippen LogP contribution in [0.25, 0.3) is 0 Å². The fraction of sp³-hybridized carbons (Fsp3) is 0.615.